The standard InChI is InChI=1S/C17H17NO4S2/c1-10-11-5-2-3-6-12(11)22-13(10)9-14-16(21)18(17(23)24-14)8-4-7-15(19)20/h2-3,5-6,9,11-12H,4,7-8H2,1H3,(H,19,20). The molecular weight excluding hydrogens is 346 g/mol. The average molecular weight is 363 g/mol. The summed E-state index contributed by atoms with van der Waals surface area (Å²) in [6.07, 6.45) is 10.2. The third-order valence-electron chi connectivity index (χ3n) is 4.14. The lowest BCUT2D eigenvalue weighted by Crippen LogP contribution is -2.29. The van der Waals surface area contributed by atoms with Crippen molar-refractivity contribution < 1.29 is 19.4 Å². The first kappa shape index (κ1) is 17.0. The largest absolute Gasteiger partial charge is 0.485 e. The summed E-state index contributed by atoms with van der Waals surface area (Å²) in [5, 5.41) is 8.71. The van der Waals surface area contributed by atoms with Crippen molar-refractivity contribution in [3.05, 3.63) is 46.6 Å². The third kappa shape index (κ3) is 3.32. The molecule has 1 aliphatic carbocycles. The molecule has 0 saturated carbocycles. The fraction of sp³-hybridized carbons (Fsp3) is 0.353. The van der Waals surface area contributed by atoms with Gasteiger partial charge in [-0.15, -0.1) is 0 Å². The maximum atomic E-state index is 12.5. The molecule has 126 valence electrons. The van der Waals surface area contributed by atoms with Gasteiger partial charge < -0.3 is 9.84 Å². The first-order valence-electron chi connectivity index (χ1n) is 7.67. The van der Waals surface area contributed by atoms with Crippen molar-refractivity contribution in [1.29, 1.82) is 0 Å². The van der Waals surface area contributed by atoms with E-state index < -0.39 is 5.97 Å². The SMILES string of the molecule is CC1=C(C=C2SC(=S)N(CCCC(=O)O)C2=O)OC2C=CC=CC12. The first-order valence-corrected chi connectivity index (χ1v) is 8.89. The molecule has 0 bridgehead atoms. The Kier molecular flexibility index (Phi) is 4.91. The van der Waals surface area contributed by atoms with E-state index in [1.54, 1.807) is 6.08 Å². The van der Waals surface area contributed by atoms with Crippen LogP contribution in [0.2, 0.25) is 0 Å². The molecule has 1 amide bonds. The van der Waals surface area contributed by atoms with E-state index in [2.05, 4.69) is 6.08 Å². The van der Waals surface area contributed by atoms with Crippen LogP contribution in [0.25, 0.3) is 0 Å². The summed E-state index contributed by atoms with van der Waals surface area (Å²) < 4.78 is 6.39. The third-order valence-corrected chi connectivity index (χ3v) is 5.52. The second-order valence-corrected chi connectivity index (χ2v) is 7.43. The van der Waals surface area contributed by atoms with E-state index in [9.17, 15) is 9.59 Å². The van der Waals surface area contributed by atoms with Crippen molar-refractivity contribution in [3.8, 4) is 0 Å². The molecule has 0 radical (unpaired) electrons. The van der Waals surface area contributed by atoms with Gasteiger partial charge in [-0.3, -0.25) is 14.5 Å². The summed E-state index contributed by atoms with van der Waals surface area (Å²) in [6.45, 7) is 2.33. The van der Waals surface area contributed by atoms with Crippen LogP contribution in [0.4, 0.5) is 0 Å². The van der Waals surface area contributed by atoms with E-state index in [1.165, 1.54) is 16.7 Å². The van der Waals surface area contributed by atoms with Gasteiger partial charge >= 0.3 is 5.97 Å². The molecular formula is C17H17NO4S2. The Morgan fingerprint density at radius 3 is 2.92 bits per heavy atom. The Morgan fingerprint density at radius 2 is 2.21 bits per heavy atom. The minimum Gasteiger partial charge on any atom is -0.485 e. The number of thioether (sulfide) groups is 1. The molecule has 24 heavy (non-hydrogen) atoms. The lowest BCUT2D eigenvalue weighted by molar-refractivity contribution is -0.137. The second kappa shape index (κ2) is 6.94. The molecule has 3 rings (SSSR count). The van der Waals surface area contributed by atoms with E-state index in [0.717, 1.165) is 5.57 Å². The van der Waals surface area contributed by atoms with E-state index >= 15 is 0 Å². The second-order valence-electron chi connectivity index (χ2n) is 5.76. The number of hydrogen-bond donors (Lipinski definition) is 1. The number of ether oxygens (including phenoxy) is 1. The molecule has 0 aromatic heterocycles. The molecule has 2 atom stereocenters. The van der Waals surface area contributed by atoms with Crippen LogP contribution in [0.3, 0.4) is 0 Å². The van der Waals surface area contributed by atoms with E-state index in [0.29, 0.717) is 28.0 Å². The van der Waals surface area contributed by atoms with Crippen LogP contribution in [0, 0.1) is 5.92 Å². The lowest BCUT2D eigenvalue weighted by Gasteiger charge is -2.15. The number of carboxylic acids is 1. The number of carbonyl (C=O) groups excluding carboxylic acids is 1. The van der Waals surface area contributed by atoms with Crippen molar-refractivity contribution in [1.82, 2.24) is 4.90 Å². The molecule has 1 fully saturated rings. The smallest absolute Gasteiger partial charge is 0.303 e. The van der Waals surface area contributed by atoms with Gasteiger partial charge in [0.2, 0.25) is 0 Å². The number of nitrogens with zero attached hydrogens (tertiary/aromatic N) is 1. The van der Waals surface area contributed by atoms with Gasteiger partial charge in [-0.05, 0) is 31.1 Å². The minimum absolute atomic E-state index is 0.0121. The monoisotopic (exact) mass is 363 g/mol. The number of carboxylic acid groups (broad SMARTS) is 1. The van der Waals surface area contributed by atoms with Crippen LogP contribution in [0.1, 0.15) is 19.8 Å². The van der Waals surface area contributed by atoms with Crippen LogP contribution >= 0.6 is 24.0 Å². The predicted octanol–water partition coefficient (Wildman–Crippen LogP) is 3.01. The molecule has 3 aliphatic rings. The topological polar surface area (TPSA) is 66.8 Å². The fourth-order valence-corrected chi connectivity index (χ4v) is 4.12. The zero-order chi connectivity index (χ0) is 17.3. The molecule has 1 saturated heterocycles. The highest BCUT2D eigenvalue weighted by Crippen LogP contribution is 2.38. The number of thiocarbonyl (C=S) groups is 1. The lowest BCUT2D eigenvalue weighted by atomic mass is 9.92. The highest BCUT2D eigenvalue weighted by molar-refractivity contribution is 8.26. The number of rotatable bonds is 5. The van der Waals surface area contributed by atoms with Crippen LogP contribution < -0.4 is 0 Å². The van der Waals surface area contributed by atoms with Gasteiger partial charge in [0.1, 0.15) is 16.2 Å². The summed E-state index contributed by atoms with van der Waals surface area (Å²) in [5.41, 5.74) is 1.09. The zero-order valence-corrected chi connectivity index (χ0v) is 14.7. The van der Waals surface area contributed by atoms with Gasteiger partial charge in [0, 0.05) is 18.9 Å². The summed E-state index contributed by atoms with van der Waals surface area (Å²) in [7, 11) is 0. The van der Waals surface area contributed by atoms with Gasteiger partial charge in [-0.1, -0.05) is 42.2 Å². The van der Waals surface area contributed by atoms with Crippen molar-refractivity contribution in [2.24, 2.45) is 5.92 Å². The van der Waals surface area contributed by atoms with Crippen molar-refractivity contribution >= 4 is 40.2 Å². The molecule has 2 heterocycles. The maximum absolute atomic E-state index is 12.5. The molecule has 1 N–H and O–H groups in total. The Labute approximate surface area is 149 Å². The van der Waals surface area contributed by atoms with Crippen molar-refractivity contribution in [3.63, 3.8) is 0 Å². The van der Waals surface area contributed by atoms with Gasteiger partial charge in [-0.25, -0.2) is 0 Å². The number of hydrogen-bond acceptors (Lipinski definition) is 5. The quantitative estimate of drug-likeness (QED) is 0.598. The van der Waals surface area contributed by atoms with Gasteiger partial charge in [0.25, 0.3) is 5.91 Å². The van der Waals surface area contributed by atoms with Crippen molar-refractivity contribution in [2.75, 3.05) is 6.54 Å². The fourth-order valence-electron chi connectivity index (χ4n) is 2.84. The predicted molar refractivity (Wildman–Crippen MR) is 96.2 cm³/mol. The Bertz CT molecular complexity index is 720. The highest BCUT2D eigenvalue weighted by atomic mass is 32.2. The molecule has 7 heteroatoms. The number of allylic oxidation sites excluding steroid dienone is 3. The normalized spacial score (nSPS) is 27.2. The molecule has 2 unspecified atom stereocenters. The number of fused-ring (bicyclic) bond motifs is 1. The Hall–Kier alpha value is -1.86. The molecule has 5 nitrogen and oxygen atoms in total. The Balaban J connectivity index is 1.72. The van der Waals surface area contributed by atoms with Crippen LogP contribution in [0.15, 0.2) is 46.6 Å². The molecule has 0 aromatic rings. The van der Waals surface area contributed by atoms with Gasteiger partial charge in [0.15, 0.2) is 0 Å². The van der Waals surface area contributed by atoms with Gasteiger partial charge in [0.05, 0.1) is 4.91 Å². The van der Waals surface area contributed by atoms with E-state index in [-0.39, 0.29) is 24.3 Å². The molecule has 0 spiro atoms. The minimum atomic E-state index is -0.875. The number of carbonyl (C=O) groups is 2. The average Bonchev–Trinajstić information content (AvgIpc) is 2.99. The summed E-state index contributed by atoms with van der Waals surface area (Å²) >= 11 is 6.48. The van der Waals surface area contributed by atoms with E-state index in [1.807, 2.05) is 25.2 Å². The molecule has 2 aliphatic heterocycles. The maximum Gasteiger partial charge on any atom is 0.303 e. The summed E-state index contributed by atoms with van der Waals surface area (Å²) in [4.78, 5) is 25.1. The van der Waals surface area contributed by atoms with E-state index in [4.69, 9.17) is 22.1 Å². The number of aliphatic carboxylic acids is 1. The number of amides is 1. The first-order chi connectivity index (χ1) is 11.5. The Morgan fingerprint density at radius 1 is 1.46 bits per heavy atom. The highest BCUT2D eigenvalue weighted by Gasteiger charge is 2.35. The summed E-state index contributed by atoms with van der Waals surface area (Å²) in [6, 6.07) is 0. The van der Waals surface area contributed by atoms with Gasteiger partial charge in [-0.2, -0.15) is 0 Å². The zero-order valence-electron chi connectivity index (χ0n) is 13.1. The van der Waals surface area contributed by atoms with Crippen LogP contribution in [0.5, 0.6) is 0 Å². The van der Waals surface area contributed by atoms with Crippen LogP contribution in [-0.4, -0.2) is 38.9 Å². The van der Waals surface area contributed by atoms with Crippen LogP contribution in [-0.2, 0) is 14.3 Å². The van der Waals surface area contributed by atoms with Crippen molar-refractivity contribution in [2.45, 2.75) is 25.9 Å². The molecule has 0 aromatic carbocycles. The summed E-state index contributed by atoms with van der Waals surface area (Å²) in [5.74, 6) is -0.130.